The Kier molecular flexibility index (Phi) is 5.24. The number of nitrogens with zero attached hydrogens (tertiary/aromatic N) is 5. The van der Waals surface area contributed by atoms with E-state index in [1.165, 1.54) is 45.2 Å². The Labute approximate surface area is 153 Å². The second kappa shape index (κ2) is 7.95. The molecule has 0 bridgehead atoms. The highest BCUT2D eigenvalue weighted by molar-refractivity contribution is 5.94. The second-order valence-electron chi connectivity index (χ2n) is 7.42. The van der Waals surface area contributed by atoms with E-state index in [9.17, 15) is 4.79 Å². The first kappa shape index (κ1) is 17.1. The van der Waals surface area contributed by atoms with Crippen molar-refractivity contribution in [2.24, 2.45) is 5.92 Å². The molecule has 7 nitrogen and oxygen atoms in total. The van der Waals surface area contributed by atoms with Crippen LogP contribution in [0.4, 0.5) is 0 Å². The zero-order chi connectivity index (χ0) is 17.8. The monoisotopic (exact) mass is 354 g/mol. The summed E-state index contributed by atoms with van der Waals surface area (Å²) in [6, 6.07) is 8.34. The average molecular weight is 354 g/mol. The number of hydrogen-bond acceptors (Lipinski definition) is 5. The Hall–Kier alpha value is -2.28. The van der Waals surface area contributed by atoms with Crippen molar-refractivity contribution >= 4 is 5.91 Å². The van der Waals surface area contributed by atoms with Gasteiger partial charge in [0.25, 0.3) is 5.91 Å². The topological polar surface area (TPSA) is 75.9 Å². The lowest BCUT2D eigenvalue weighted by atomic mass is 9.83. The molecule has 0 aliphatic carbocycles. The normalized spacial score (nSPS) is 23.4. The van der Waals surface area contributed by atoms with Crippen LogP contribution in [0.2, 0.25) is 0 Å². The van der Waals surface area contributed by atoms with Crippen LogP contribution in [0.25, 0.3) is 0 Å². The lowest BCUT2D eigenvalue weighted by Gasteiger charge is -2.44. The molecule has 1 N–H and O–H groups in total. The average Bonchev–Trinajstić information content (AvgIpc) is 3.19. The highest BCUT2D eigenvalue weighted by atomic mass is 16.1. The summed E-state index contributed by atoms with van der Waals surface area (Å²) in [5, 5.41) is 14.3. The third-order valence-electron chi connectivity index (χ3n) is 5.71. The first-order valence-corrected chi connectivity index (χ1v) is 9.61. The maximum atomic E-state index is 12.5. The van der Waals surface area contributed by atoms with Crippen molar-refractivity contribution in [3.63, 3.8) is 0 Å². The van der Waals surface area contributed by atoms with Crippen LogP contribution in [0.3, 0.4) is 0 Å². The van der Waals surface area contributed by atoms with Gasteiger partial charge in [-0.1, -0.05) is 18.6 Å². The van der Waals surface area contributed by atoms with Gasteiger partial charge >= 0.3 is 0 Å². The number of rotatable bonds is 5. The fourth-order valence-electron chi connectivity index (χ4n) is 4.34. The van der Waals surface area contributed by atoms with E-state index in [1.807, 2.05) is 24.3 Å². The molecule has 2 aromatic rings. The van der Waals surface area contributed by atoms with Crippen LogP contribution in [0, 0.1) is 5.92 Å². The Morgan fingerprint density at radius 1 is 1.12 bits per heavy atom. The minimum absolute atomic E-state index is 0.0203. The molecule has 4 rings (SSSR count). The molecule has 2 saturated heterocycles. The van der Waals surface area contributed by atoms with Crippen molar-refractivity contribution in [2.45, 2.75) is 44.7 Å². The molecule has 26 heavy (non-hydrogen) atoms. The third kappa shape index (κ3) is 3.93. The molecule has 3 heterocycles. The van der Waals surface area contributed by atoms with Crippen LogP contribution in [0.5, 0.6) is 0 Å². The zero-order valence-electron chi connectivity index (χ0n) is 15.0. The first-order valence-electron chi connectivity index (χ1n) is 9.61. The van der Waals surface area contributed by atoms with Crippen molar-refractivity contribution in [1.29, 1.82) is 0 Å². The summed E-state index contributed by atoms with van der Waals surface area (Å²) in [7, 11) is 0. The molecule has 0 unspecified atom stereocenters. The molecule has 2 aliphatic heterocycles. The molecule has 0 radical (unpaired) electrons. The van der Waals surface area contributed by atoms with Gasteiger partial charge in [0.15, 0.2) is 0 Å². The quantitative estimate of drug-likeness (QED) is 0.885. The molecule has 0 saturated carbocycles. The predicted octanol–water partition coefficient (Wildman–Crippen LogP) is 1.72. The summed E-state index contributed by atoms with van der Waals surface area (Å²) in [6.07, 6.45) is 8.00. The number of nitrogens with one attached hydrogen (secondary N) is 1. The molecule has 0 spiro atoms. The van der Waals surface area contributed by atoms with E-state index in [4.69, 9.17) is 0 Å². The molecule has 1 aromatic carbocycles. The van der Waals surface area contributed by atoms with Gasteiger partial charge in [0.1, 0.15) is 6.33 Å². The summed E-state index contributed by atoms with van der Waals surface area (Å²) in [5.41, 5.74) is 1.78. The summed E-state index contributed by atoms with van der Waals surface area (Å²) >= 11 is 0. The lowest BCUT2D eigenvalue weighted by molar-refractivity contribution is 0.0575. The summed E-state index contributed by atoms with van der Waals surface area (Å²) in [5.74, 6) is 0.610. The van der Waals surface area contributed by atoms with E-state index in [0.29, 0.717) is 24.1 Å². The van der Waals surface area contributed by atoms with Crippen LogP contribution < -0.4 is 5.32 Å². The van der Waals surface area contributed by atoms with Gasteiger partial charge in [-0.15, -0.1) is 5.10 Å². The van der Waals surface area contributed by atoms with Crippen molar-refractivity contribution in [1.82, 2.24) is 30.4 Å². The third-order valence-corrected chi connectivity index (χ3v) is 5.71. The van der Waals surface area contributed by atoms with Gasteiger partial charge in [-0.2, -0.15) is 0 Å². The summed E-state index contributed by atoms with van der Waals surface area (Å²) in [4.78, 5) is 15.1. The standard InChI is InChI=1S/C19H26N6O/c26-19(16-8-6-15(7-9-16)13-25-14-21-22-23-25)20-12-17-4-3-11-24-10-2-1-5-18(17)24/h6-9,14,17-18H,1-5,10-13H2,(H,20,26)/t17-,18+/m0/s1. The van der Waals surface area contributed by atoms with Crippen LogP contribution in [0.1, 0.15) is 48.0 Å². The Bertz CT molecular complexity index is 712. The highest BCUT2D eigenvalue weighted by Crippen LogP contribution is 2.30. The van der Waals surface area contributed by atoms with Gasteiger partial charge in [0.2, 0.25) is 0 Å². The maximum Gasteiger partial charge on any atom is 0.251 e. The Morgan fingerprint density at radius 2 is 1.96 bits per heavy atom. The van der Waals surface area contributed by atoms with Gasteiger partial charge in [0.05, 0.1) is 6.54 Å². The van der Waals surface area contributed by atoms with Gasteiger partial charge in [-0.25, -0.2) is 4.68 Å². The first-order chi connectivity index (χ1) is 12.8. The number of tetrazole rings is 1. The number of piperidine rings is 2. The number of benzene rings is 1. The van der Waals surface area contributed by atoms with Crippen LogP contribution >= 0.6 is 0 Å². The van der Waals surface area contributed by atoms with E-state index in [1.54, 1.807) is 11.0 Å². The minimum atomic E-state index is 0.0203. The molecule has 2 aliphatic rings. The van der Waals surface area contributed by atoms with Crippen LogP contribution in [-0.2, 0) is 6.54 Å². The number of carbonyl (C=O) groups excluding carboxylic acids is 1. The Morgan fingerprint density at radius 3 is 2.77 bits per heavy atom. The zero-order valence-corrected chi connectivity index (χ0v) is 15.0. The largest absolute Gasteiger partial charge is 0.352 e. The van der Waals surface area contributed by atoms with Gasteiger partial charge in [0, 0.05) is 18.2 Å². The molecule has 2 fully saturated rings. The van der Waals surface area contributed by atoms with Crippen molar-refractivity contribution < 1.29 is 4.79 Å². The number of hydrogen-bond donors (Lipinski definition) is 1. The van der Waals surface area contributed by atoms with E-state index in [2.05, 4.69) is 25.7 Å². The second-order valence-corrected chi connectivity index (χ2v) is 7.42. The number of amides is 1. The SMILES string of the molecule is O=C(NC[C@@H]1CCCN2CCCC[C@H]12)c1ccc(Cn2cnnn2)cc1. The number of aromatic nitrogens is 4. The van der Waals surface area contributed by atoms with Gasteiger partial charge in [-0.05, 0) is 72.8 Å². The molecule has 138 valence electrons. The van der Waals surface area contributed by atoms with E-state index in [-0.39, 0.29) is 5.91 Å². The van der Waals surface area contributed by atoms with Gasteiger partial charge in [-0.3, -0.25) is 4.79 Å². The molecule has 7 heteroatoms. The van der Waals surface area contributed by atoms with Crippen molar-refractivity contribution in [3.05, 3.63) is 41.7 Å². The minimum Gasteiger partial charge on any atom is -0.352 e. The fourth-order valence-corrected chi connectivity index (χ4v) is 4.34. The van der Waals surface area contributed by atoms with Crippen LogP contribution in [-0.4, -0.2) is 56.7 Å². The Balaban J connectivity index is 1.31. The smallest absolute Gasteiger partial charge is 0.251 e. The summed E-state index contributed by atoms with van der Waals surface area (Å²) < 4.78 is 1.66. The number of fused-ring (bicyclic) bond motifs is 1. The van der Waals surface area contributed by atoms with E-state index in [0.717, 1.165) is 12.1 Å². The number of carbonyl (C=O) groups is 1. The fraction of sp³-hybridized carbons (Fsp3) is 0.579. The summed E-state index contributed by atoms with van der Waals surface area (Å²) in [6.45, 7) is 3.86. The lowest BCUT2D eigenvalue weighted by Crippen LogP contribution is -2.51. The molecule has 1 aromatic heterocycles. The molecule has 1 amide bonds. The van der Waals surface area contributed by atoms with Crippen LogP contribution in [0.15, 0.2) is 30.6 Å². The van der Waals surface area contributed by atoms with Gasteiger partial charge < -0.3 is 10.2 Å². The van der Waals surface area contributed by atoms with Crippen molar-refractivity contribution in [3.8, 4) is 0 Å². The molecular formula is C19H26N6O. The maximum absolute atomic E-state index is 12.5. The highest BCUT2D eigenvalue weighted by Gasteiger charge is 2.32. The molecular weight excluding hydrogens is 328 g/mol. The van der Waals surface area contributed by atoms with E-state index < -0.39 is 0 Å². The molecule has 2 atom stereocenters. The predicted molar refractivity (Wildman–Crippen MR) is 97.6 cm³/mol. The van der Waals surface area contributed by atoms with E-state index >= 15 is 0 Å². The van der Waals surface area contributed by atoms with Crippen molar-refractivity contribution in [2.75, 3.05) is 19.6 Å².